The van der Waals surface area contributed by atoms with Crippen molar-refractivity contribution in [2.24, 2.45) is 4.99 Å². The first kappa shape index (κ1) is 21.2. The third-order valence-corrected chi connectivity index (χ3v) is 6.17. The van der Waals surface area contributed by atoms with E-state index in [1.807, 2.05) is 11.8 Å². The molecule has 2 rings (SSSR count). The zero-order chi connectivity index (χ0) is 19.5. The molecule has 2 N–H and O–H groups in total. The number of amides is 1. The third kappa shape index (κ3) is 7.21. The lowest BCUT2D eigenvalue weighted by molar-refractivity contribution is -0.127. The van der Waals surface area contributed by atoms with E-state index in [9.17, 15) is 13.2 Å². The van der Waals surface area contributed by atoms with E-state index in [0.29, 0.717) is 36.8 Å². The Bertz CT molecular complexity index is 720. The molecule has 1 saturated heterocycles. The summed E-state index contributed by atoms with van der Waals surface area (Å²) in [5.41, 5.74) is 0. The van der Waals surface area contributed by atoms with E-state index in [0.717, 1.165) is 32.5 Å². The van der Waals surface area contributed by atoms with Crippen molar-refractivity contribution in [3.63, 3.8) is 0 Å². The molecule has 8 heteroatoms. The minimum absolute atomic E-state index is 0.0977. The molecule has 0 saturated carbocycles. The van der Waals surface area contributed by atoms with Crippen LogP contribution in [-0.4, -0.2) is 63.7 Å². The number of nitrogens with one attached hydrogen (secondary N) is 2. The highest BCUT2D eigenvalue weighted by Crippen LogP contribution is 2.11. The third-order valence-electron chi connectivity index (χ3n) is 4.36. The van der Waals surface area contributed by atoms with Crippen molar-refractivity contribution in [2.45, 2.75) is 37.5 Å². The van der Waals surface area contributed by atoms with Crippen LogP contribution in [0.15, 0.2) is 40.2 Å². The van der Waals surface area contributed by atoms with Gasteiger partial charge >= 0.3 is 0 Å². The molecule has 0 aliphatic carbocycles. The number of hydrogen-bond acceptors (Lipinski definition) is 4. The molecule has 0 bridgehead atoms. The first-order valence-electron chi connectivity index (χ1n) is 9.60. The van der Waals surface area contributed by atoms with Crippen molar-refractivity contribution in [1.29, 1.82) is 0 Å². The quantitative estimate of drug-likeness (QED) is 0.356. The molecule has 1 amide bonds. The number of guanidine groups is 1. The smallest absolute Gasteiger partial charge is 0.222 e. The van der Waals surface area contributed by atoms with Crippen LogP contribution in [0.4, 0.5) is 0 Å². The van der Waals surface area contributed by atoms with Crippen LogP contribution in [-0.2, 0) is 14.6 Å². The number of carbonyl (C=O) groups is 1. The Morgan fingerprint density at radius 1 is 1.19 bits per heavy atom. The van der Waals surface area contributed by atoms with Gasteiger partial charge in [-0.1, -0.05) is 18.2 Å². The fraction of sp³-hybridized carbons (Fsp3) is 0.579. The molecule has 0 aromatic heterocycles. The van der Waals surface area contributed by atoms with Crippen molar-refractivity contribution >= 4 is 21.7 Å². The second kappa shape index (κ2) is 10.9. The van der Waals surface area contributed by atoms with E-state index < -0.39 is 9.84 Å². The lowest BCUT2D eigenvalue weighted by atomic mass is 10.4. The zero-order valence-corrected chi connectivity index (χ0v) is 16.8. The molecule has 0 unspecified atom stereocenters. The van der Waals surface area contributed by atoms with Crippen LogP contribution in [0.5, 0.6) is 0 Å². The van der Waals surface area contributed by atoms with Crippen molar-refractivity contribution in [3.8, 4) is 0 Å². The van der Waals surface area contributed by atoms with Gasteiger partial charge in [0.05, 0.1) is 10.6 Å². The normalized spacial score (nSPS) is 15.2. The van der Waals surface area contributed by atoms with E-state index in [1.54, 1.807) is 30.3 Å². The molecule has 1 heterocycles. The lowest BCUT2D eigenvalue weighted by Crippen LogP contribution is -2.38. The molecule has 0 radical (unpaired) electrons. The van der Waals surface area contributed by atoms with E-state index in [-0.39, 0.29) is 11.7 Å². The largest absolute Gasteiger partial charge is 0.357 e. The predicted molar refractivity (Wildman–Crippen MR) is 108 cm³/mol. The SMILES string of the molecule is CCNC(=NCCCN1CCCC1=O)NCCCS(=O)(=O)c1ccccc1. The second-order valence-corrected chi connectivity index (χ2v) is 8.62. The number of sulfone groups is 1. The van der Waals surface area contributed by atoms with E-state index in [2.05, 4.69) is 15.6 Å². The van der Waals surface area contributed by atoms with Crippen molar-refractivity contribution in [3.05, 3.63) is 30.3 Å². The van der Waals surface area contributed by atoms with Crippen LogP contribution in [0.2, 0.25) is 0 Å². The first-order chi connectivity index (χ1) is 13.0. The van der Waals surface area contributed by atoms with Crippen molar-refractivity contribution in [2.75, 3.05) is 38.5 Å². The summed E-state index contributed by atoms with van der Waals surface area (Å²) in [6, 6.07) is 8.52. The van der Waals surface area contributed by atoms with Gasteiger partial charge in [0.2, 0.25) is 5.91 Å². The maximum atomic E-state index is 12.3. The van der Waals surface area contributed by atoms with Gasteiger partial charge < -0.3 is 15.5 Å². The van der Waals surface area contributed by atoms with Crippen molar-refractivity contribution in [1.82, 2.24) is 15.5 Å². The molecule has 1 aliphatic rings. The summed E-state index contributed by atoms with van der Waals surface area (Å²) in [7, 11) is -3.24. The van der Waals surface area contributed by atoms with Crippen LogP contribution >= 0.6 is 0 Å². The van der Waals surface area contributed by atoms with Crippen LogP contribution in [0.25, 0.3) is 0 Å². The molecule has 7 nitrogen and oxygen atoms in total. The van der Waals surface area contributed by atoms with E-state index in [1.165, 1.54) is 0 Å². The lowest BCUT2D eigenvalue weighted by Gasteiger charge is -2.15. The van der Waals surface area contributed by atoms with Crippen LogP contribution in [0.1, 0.15) is 32.6 Å². The van der Waals surface area contributed by atoms with Gasteiger partial charge in [-0.25, -0.2) is 8.42 Å². The molecule has 1 fully saturated rings. The monoisotopic (exact) mass is 394 g/mol. The fourth-order valence-electron chi connectivity index (χ4n) is 2.95. The minimum atomic E-state index is -3.24. The van der Waals surface area contributed by atoms with Crippen LogP contribution < -0.4 is 10.6 Å². The van der Waals surface area contributed by atoms with Crippen molar-refractivity contribution < 1.29 is 13.2 Å². The molecule has 0 atom stereocenters. The van der Waals surface area contributed by atoms with Crippen LogP contribution in [0, 0.1) is 0 Å². The Morgan fingerprint density at radius 2 is 1.96 bits per heavy atom. The molecule has 1 aromatic carbocycles. The van der Waals surface area contributed by atoms with Crippen LogP contribution in [0.3, 0.4) is 0 Å². The molecule has 27 heavy (non-hydrogen) atoms. The molecule has 1 aliphatic heterocycles. The summed E-state index contributed by atoms with van der Waals surface area (Å²) in [5, 5.41) is 6.33. The minimum Gasteiger partial charge on any atom is -0.357 e. The summed E-state index contributed by atoms with van der Waals surface area (Å²) < 4.78 is 24.5. The summed E-state index contributed by atoms with van der Waals surface area (Å²) in [6.45, 7) is 5.48. The van der Waals surface area contributed by atoms with Gasteiger partial charge in [-0.05, 0) is 38.3 Å². The fourth-order valence-corrected chi connectivity index (χ4v) is 4.28. The van der Waals surface area contributed by atoms with E-state index >= 15 is 0 Å². The van der Waals surface area contributed by atoms with Gasteiger partial charge in [0.1, 0.15) is 0 Å². The summed E-state index contributed by atoms with van der Waals surface area (Å²) in [4.78, 5) is 18.3. The Morgan fingerprint density at radius 3 is 2.63 bits per heavy atom. The highest BCUT2D eigenvalue weighted by molar-refractivity contribution is 7.91. The molecular formula is C19H30N4O3S. The maximum Gasteiger partial charge on any atom is 0.222 e. The summed E-state index contributed by atoms with van der Waals surface area (Å²) in [6.07, 6.45) is 2.95. The van der Waals surface area contributed by atoms with Gasteiger partial charge in [0, 0.05) is 39.1 Å². The predicted octanol–water partition coefficient (Wildman–Crippen LogP) is 1.42. The standard InChI is InChI=1S/C19H30N4O3S/c1-2-20-19(21-12-7-15-23-14-6-11-18(23)24)22-13-8-16-27(25,26)17-9-4-3-5-10-17/h3-5,9-10H,2,6-8,11-16H2,1H3,(H2,20,21,22). The average Bonchev–Trinajstić information content (AvgIpc) is 3.07. The molecule has 0 spiro atoms. The maximum absolute atomic E-state index is 12.3. The second-order valence-electron chi connectivity index (χ2n) is 6.51. The highest BCUT2D eigenvalue weighted by atomic mass is 32.2. The highest BCUT2D eigenvalue weighted by Gasteiger charge is 2.18. The van der Waals surface area contributed by atoms with Gasteiger partial charge in [-0.3, -0.25) is 9.79 Å². The number of carbonyl (C=O) groups excluding carboxylic acids is 1. The number of nitrogens with zero attached hydrogens (tertiary/aromatic N) is 2. The Kier molecular flexibility index (Phi) is 8.57. The first-order valence-corrected chi connectivity index (χ1v) is 11.3. The summed E-state index contributed by atoms with van der Waals surface area (Å²) >= 11 is 0. The summed E-state index contributed by atoms with van der Waals surface area (Å²) in [5.74, 6) is 1.02. The van der Waals surface area contributed by atoms with Gasteiger partial charge in [0.15, 0.2) is 15.8 Å². The number of benzene rings is 1. The number of aliphatic imine (C=N–C) groups is 1. The zero-order valence-electron chi connectivity index (χ0n) is 16.0. The van der Waals surface area contributed by atoms with Gasteiger partial charge in [-0.2, -0.15) is 0 Å². The topological polar surface area (TPSA) is 90.9 Å². The number of likely N-dealkylation sites (tertiary alicyclic amines) is 1. The number of hydrogen-bond donors (Lipinski definition) is 2. The van der Waals surface area contributed by atoms with Gasteiger partial charge in [0.25, 0.3) is 0 Å². The molecular weight excluding hydrogens is 364 g/mol. The number of rotatable bonds is 10. The van der Waals surface area contributed by atoms with Gasteiger partial charge in [-0.15, -0.1) is 0 Å². The van der Waals surface area contributed by atoms with E-state index in [4.69, 9.17) is 0 Å². The Labute approximate surface area is 162 Å². The Hall–Kier alpha value is -2.09. The molecule has 1 aromatic rings. The molecule has 150 valence electrons. The average molecular weight is 395 g/mol. The Balaban J connectivity index is 1.71.